The Hall–Kier alpha value is -0.470. The van der Waals surface area contributed by atoms with E-state index in [-0.39, 0.29) is 12.5 Å². The van der Waals surface area contributed by atoms with Crippen molar-refractivity contribution in [3.8, 4) is 0 Å². The minimum atomic E-state index is -3.47. The van der Waals surface area contributed by atoms with Gasteiger partial charge in [0.25, 0.3) is 10.0 Å². The van der Waals surface area contributed by atoms with Crippen molar-refractivity contribution in [2.75, 3.05) is 33.7 Å². The van der Waals surface area contributed by atoms with Gasteiger partial charge in [-0.25, -0.2) is 8.42 Å². The number of hydrogen-bond acceptors (Lipinski definition) is 5. The molecule has 0 saturated heterocycles. The van der Waals surface area contributed by atoms with Gasteiger partial charge in [-0.1, -0.05) is 13.8 Å². The standard InChI is InChI=1S/C13H24N2O3S2/c1-11(2)8-15(6-5-14(3)4)20(17,18)13-7-12(9-16)10-19-13/h7,10-11,16H,5-6,8-9H2,1-4H3. The summed E-state index contributed by atoms with van der Waals surface area (Å²) in [5.41, 5.74) is 0.644. The number of aliphatic hydroxyl groups excluding tert-OH is 1. The minimum absolute atomic E-state index is 0.131. The van der Waals surface area contributed by atoms with Crippen molar-refractivity contribution in [1.29, 1.82) is 0 Å². The molecule has 0 saturated carbocycles. The van der Waals surface area contributed by atoms with Crippen LogP contribution in [0, 0.1) is 5.92 Å². The van der Waals surface area contributed by atoms with E-state index in [1.807, 2.05) is 32.8 Å². The molecule has 0 aliphatic carbocycles. The van der Waals surface area contributed by atoms with Gasteiger partial charge in [0.15, 0.2) is 0 Å². The van der Waals surface area contributed by atoms with Crippen LogP contribution in [0.1, 0.15) is 19.4 Å². The summed E-state index contributed by atoms with van der Waals surface area (Å²) < 4.78 is 27.1. The van der Waals surface area contributed by atoms with Crippen LogP contribution >= 0.6 is 11.3 Å². The predicted octanol–water partition coefficient (Wildman–Crippen LogP) is 1.45. The molecule has 20 heavy (non-hydrogen) atoms. The summed E-state index contributed by atoms with van der Waals surface area (Å²) in [6.45, 7) is 5.54. The highest BCUT2D eigenvalue weighted by atomic mass is 32.2. The van der Waals surface area contributed by atoms with Crippen molar-refractivity contribution in [1.82, 2.24) is 9.21 Å². The molecule has 0 radical (unpaired) electrons. The third kappa shape index (κ3) is 4.82. The molecule has 1 rings (SSSR count). The SMILES string of the molecule is CC(C)CN(CCN(C)C)S(=O)(=O)c1cc(CO)cs1. The molecule has 0 fully saturated rings. The Kier molecular flexibility index (Phi) is 6.60. The number of sulfonamides is 1. The van der Waals surface area contributed by atoms with Crippen molar-refractivity contribution < 1.29 is 13.5 Å². The Morgan fingerprint density at radius 3 is 2.40 bits per heavy atom. The van der Waals surface area contributed by atoms with Crippen LogP contribution in [0.4, 0.5) is 0 Å². The molecule has 0 aromatic carbocycles. The molecule has 116 valence electrons. The molecule has 5 nitrogen and oxygen atoms in total. The van der Waals surface area contributed by atoms with Crippen LogP contribution in [0.5, 0.6) is 0 Å². The van der Waals surface area contributed by atoms with E-state index in [0.29, 0.717) is 29.4 Å². The smallest absolute Gasteiger partial charge is 0.252 e. The number of rotatable bonds is 8. The van der Waals surface area contributed by atoms with Crippen molar-refractivity contribution >= 4 is 21.4 Å². The highest BCUT2D eigenvalue weighted by Gasteiger charge is 2.26. The van der Waals surface area contributed by atoms with Crippen LogP contribution in [0.25, 0.3) is 0 Å². The number of likely N-dealkylation sites (N-methyl/N-ethyl adjacent to an activating group) is 1. The van der Waals surface area contributed by atoms with Crippen LogP contribution in [0.3, 0.4) is 0 Å². The monoisotopic (exact) mass is 320 g/mol. The van der Waals surface area contributed by atoms with E-state index in [0.717, 1.165) is 0 Å². The van der Waals surface area contributed by atoms with Crippen LogP contribution in [-0.2, 0) is 16.6 Å². The van der Waals surface area contributed by atoms with Gasteiger partial charge in [0.2, 0.25) is 0 Å². The number of thiophene rings is 1. The highest BCUT2D eigenvalue weighted by Crippen LogP contribution is 2.24. The lowest BCUT2D eigenvalue weighted by Crippen LogP contribution is -2.38. The Labute approximate surface area is 125 Å². The van der Waals surface area contributed by atoms with Crippen LogP contribution in [0.2, 0.25) is 0 Å². The maximum absolute atomic E-state index is 12.6. The van der Waals surface area contributed by atoms with Gasteiger partial charge >= 0.3 is 0 Å². The zero-order valence-electron chi connectivity index (χ0n) is 12.5. The average molecular weight is 320 g/mol. The molecule has 0 unspecified atom stereocenters. The van der Waals surface area contributed by atoms with Gasteiger partial charge in [-0.2, -0.15) is 4.31 Å². The quantitative estimate of drug-likeness (QED) is 0.787. The summed E-state index contributed by atoms with van der Waals surface area (Å²) in [7, 11) is 0.385. The van der Waals surface area contributed by atoms with Gasteiger partial charge in [0.05, 0.1) is 6.61 Å². The molecule has 0 spiro atoms. The molecule has 0 amide bonds. The minimum Gasteiger partial charge on any atom is -0.392 e. The molecule has 1 aromatic rings. The summed E-state index contributed by atoms with van der Waals surface area (Å²) in [5.74, 6) is 0.268. The molecular weight excluding hydrogens is 296 g/mol. The van der Waals surface area contributed by atoms with Gasteiger partial charge < -0.3 is 10.0 Å². The number of hydrogen-bond donors (Lipinski definition) is 1. The van der Waals surface area contributed by atoms with Gasteiger partial charge in [0, 0.05) is 19.6 Å². The third-order valence-corrected chi connectivity index (χ3v) is 6.10. The second kappa shape index (κ2) is 7.51. The molecule has 1 N–H and O–H groups in total. The molecule has 7 heteroatoms. The first kappa shape index (κ1) is 17.6. The van der Waals surface area contributed by atoms with Crippen LogP contribution in [-0.4, -0.2) is 56.5 Å². The summed E-state index contributed by atoms with van der Waals surface area (Å²) in [5, 5.41) is 10.8. The number of aliphatic hydroxyl groups is 1. The zero-order chi connectivity index (χ0) is 15.3. The van der Waals surface area contributed by atoms with E-state index >= 15 is 0 Å². The maximum Gasteiger partial charge on any atom is 0.252 e. The lowest BCUT2D eigenvalue weighted by Gasteiger charge is -2.24. The Morgan fingerprint density at radius 2 is 1.95 bits per heavy atom. The normalized spacial score (nSPS) is 12.8. The molecule has 0 aliphatic heterocycles. The lowest BCUT2D eigenvalue weighted by atomic mass is 10.2. The van der Waals surface area contributed by atoms with Gasteiger partial charge in [-0.3, -0.25) is 0 Å². The van der Waals surface area contributed by atoms with E-state index in [1.165, 1.54) is 15.6 Å². The van der Waals surface area contributed by atoms with Gasteiger partial charge in [-0.15, -0.1) is 11.3 Å². The highest BCUT2D eigenvalue weighted by molar-refractivity contribution is 7.91. The molecule has 1 aromatic heterocycles. The Morgan fingerprint density at radius 1 is 1.30 bits per heavy atom. The van der Waals surface area contributed by atoms with Gasteiger partial charge in [-0.05, 0) is 37.0 Å². The first-order chi connectivity index (χ1) is 9.27. The summed E-state index contributed by atoms with van der Waals surface area (Å²) in [6.07, 6.45) is 0. The third-order valence-electron chi connectivity index (χ3n) is 2.77. The van der Waals surface area contributed by atoms with Crippen molar-refractivity contribution in [3.63, 3.8) is 0 Å². The summed E-state index contributed by atoms with van der Waals surface area (Å²) in [6, 6.07) is 1.56. The number of nitrogens with zero attached hydrogens (tertiary/aromatic N) is 2. The van der Waals surface area contributed by atoms with Crippen molar-refractivity contribution in [2.45, 2.75) is 24.7 Å². The van der Waals surface area contributed by atoms with Crippen LogP contribution in [0.15, 0.2) is 15.7 Å². The fourth-order valence-corrected chi connectivity index (χ4v) is 4.67. The van der Waals surface area contributed by atoms with Gasteiger partial charge in [0.1, 0.15) is 4.21 Å². The first-order valence-corrected chi connectivity index (χ1v) is 8.92. The van der Waals surface area contributed by atoms with E-state index in [4.69, 9.17) is 5.11 Å². The Balaban J connectivity index is 2.96. The molecule has 0 aliphatic rings. The lowest BCUT2D eigenvalue weighted by molar-refractivity contribution is 0.282. The maximum atomic E-state index is 12.6. The van der Waals surface area contributed by atoms with Crippen LogP contribution < -0.4 is 0 Å². The van der Waals surface area contributed by atoms with E-state index in [9.17, 15) is 8.42 Å². The van der Waals surface area contributed by atoms with Crippen molar-refractivity contribution in [2.24, 2.45) is 5.92 Å². The summed E-state index contributed by atoms with van der Waals surface area (Å²) in [4.78, 5) is 1.97. The molecular formula is C13H24N2O3S2. The zero-order valence-corrected chi connectivity index (χ0v) is 14.2. The second-order valence-corrected chi connectivity index (χ2v) is 8.57. The summed E-state index contributed by atoms with van der Waals surface area (Å²) >= 11 is 1.17. The largest absolute Gasteiger partial charge is 0.392 e. The molecule has 1 heterocycles. The van der Waals surface area contributed by atoms with E-state index in [2.05, 4.69) is 0 Å². The van der Waals surface area contributed by atoms with E-state index < -0.39 is 10.0 Å². The van der Waals surface area contributed by atoms with Crippen molar-refractivity contribution in [3.05, 3.63) is 17.0 Å². The second-order valence-electron chi connectivity index (χ2n) is 5.49. The van der Waals surface area contributed by atoms with E-state index in [1.54, 1.807) is 11.4 Å². The first-order valence-electron chi connectivity index (χ1n) is 6.60. The topological polar surface area (TPSA) is 60.9 Å². The predicted molar refractivity (Wildman–Crippen MR) is 82.4 cm³/mol. The fourth-order valence-electron chi connectivity index (χ4n) is 1.73. The average Bonchev–Trinajstić information content (AvgIpc) is 2.83. The molecule has 0 bridgehead atoms. The Bertz CT molecular complexity index is 509. The fraction of sp³-hybridized carbons (Fsp3) is 0.692. The molecule has 0 atom stereocenters.